The van der Waals surface area contributed by atoms with Crippen molar-refractivity contribution in [2.45, 2.75) is 6.54 Å². The number of furan rings is 1. The summed E-state index contributed by atoms with van der Waals surface area (Å²) in [5, 5.41) is 6.23. The molecule has 0 aliphatic carbocycles. The van der Waals surface area contributed by atoms with Crippen molar-refractivity contribution < 1.29 is 18.7 Å². The van der Waals surface area contributed by atoms with E-state index in [9.17, 15) is 9.59 Å². The number of anilines is 2. The van der Waals surface area contributed by atoms with Crippen LogP contribution in [0.4, 0.5) is 11.4 Å². The van der Waals surface area contributed by atoms with Gasteiger partial charge < -0.3 is 19.8 Å². The Hall–Kier alpha value is -2.96. The third-order valence-corrected chi connectivity index (χ3v) is 4.37. The van der Waals surface area contributed by atoms with Crippen LogP contribution in [0.2, 0.25) is 10.0 Å². The number of para-hydroxylation sites is 2. The van der Waals surface area contributed by atoms with Crippen molar-refractivity contribution in [1.82, 2.24) is 0 Å². The van der Waals surface area contributed by atoms with Crippen LogP contribution in [0.25, 0.3) is 0 Å². The largest absolute Gasteiger partial charge is 0.467 e. The summed E-state index contributed by atoms with van der Waals surface area (Å²) in [6.45, 7) is -0.0737. The second-order valence-corrected chi connectivity index (χ2v) is 6.51. The average Bonchev–Trinajstić information content (AvgIpc) is 3.21. The van der Waals surface area contributed by atoms with Gasteiger partial charge in [0.1, 0.15) is 5.76 Å². The van der Waals surface area contributed by atoms with Gasteiger partial charge in [-0.2, -0.15) is 0 Å². The van der Waals surface area contributed by atoms with E-state index in [0.717, 1.165) is 5.76 Å². The first kappa shape index (κ1) is 19.8. The van der Waals surface area contributed by atoms with Crippen LogP contribution < -0.4 is 10.6 Å². The van der Waals surface area contributed by atoms with Crippen LogP contribution in [-0.2, 0) is 16.1 Å². The Morgan fingerprint density at radius 3 is 2.43 bits per heavy atom. The van der Waals surface area contributed by atoms with E-state index in [1.807, 2.05) is 6.07 Å². The van der Waals surface area contributed by atoms with Gasteiger partial charge in [0.25, 0.3) is 5.91 Å². The van der Waals surface area contributed by atoms with E-state index < -0.39 is 18.5 Å². The number of amides is 1. The second kappa shape index (κ2) is 9.30. The van der Waals surface area contributed by atoms with E-state index in [4.69, 9.17) is 32.4 Å². The summed E-state index contributed by atoms with van der Waals surface area (Å²) in [7, 11) is 0. The fourth-order valence-electron chi connectivity index (χ4n) is 2.41. The topological polar surface area (TPSA) is 80.6 Å². The van der Waals surface area contributed by atoms with Gasteiger partial charge in [0.15, 0.2) is 6.61 Å². The number of hydrogen-bond donors (Lipinski definition) is 2. The molecule has 1 aromatic heterocycles. The number of benzene rings is 2. The Morgan fingerprint density at radius 1 is 0.964 bits per heavy atom. The maximum atomic E-state index is 12.4. The molecule has 2 N–H and O–H groups in total. The molecule has 1 amide bonds. The van der Waals surface area contributed by atoms with Crippen LogP contribution in [0.1, 0.15) is 16.1 Å². The van der Waals surface area contributed by atoms with Gasteiger partial charge in [-0.1, -0.05) is 41.4 Å². The normalized spacial score (nSPS) is 10.4. The quantitative estimate of drug-likeness (QED) is 0.528. The number of carbonyl (C=O) groups excluding carboxylic acids is 2. The van der Waals surface area contributed by atoms with Crippen molar-refractivity contribution in [3.63, 3.8) is 0 Å². The van der Waals surface area contributed by atoms with E-state index in [0.29, 0.717) is 27.8 Å². The molecule has 144 valence electrons. The van der Waals surface area contributed by atoms with E-state index in [1.54, 1.807) is 54.8 Å². The summed E-state index contributed by atoms with van der Waals surface area (Å²) in [4.78, 5) is 24.5. The molecule has 0 radical (unpaired) electrons. The van der Waals surface area contributed by atoms with Crippen LogP contribution >= 0.6 is 23.2 Å². The Bertz CT molecular complexity index is 954. The van der Waals surface area contributed by atoms with Crippen LogP contribution in [0.15, 0.2) is 65.3 Å². The SMILES string of the molecule is O=C(COC(=O)c1ccccc1NCc1ccco1)Nc1c(Cl)cccc1Cl. The first-order valence-electron chi connectivity index (χ1n) is 8.31. The summed E-state index contributed by atoms with van der Waals surface area (Å²) >= 11 is 12.0. The van der Waals surface area contributed by atoms with Gasteiger partial charge in [-0.3, -0.25) is 4.79 Å². The molecule has 3 rings (SSSR count). The molecule has 6 nitrogen and oxygen atoms in total. The molecule has 3 aromatic rings. The molecular weight excluding hydrogens is 403 g/mol. The summed E-state index contributed by atoms with van der Waals surface area (Å²) in [6, 6.07) is 15.3. The highest BCUT2D eigenvalue weighted by Gasteiger charge is 2.16. The van der Waals surface area contributed by atoms with Crippen molar-refractivity contribution in [2.24, 2.45) is 0 Å². The highest BCUT2D eigenvalue weighted by atomic mass is 35.5. The summed E-state index contributed by atoms with van der Waals surface area (Å²) in [5.41, 5.74) is 1.14. The van der Waals surface area contributed by atoms with Gasteiger partial charge in [0, 0.05) is 5.69 Å². The summed E-state index contributed by atoms with van der Waals surface area (Å²) in [5.74, 6) is -0.466. The molecule has 0 aliphatic rings. The minimum absolute atomic E-state index is 0.271. The lowest BCUT2D eigenvalue weighted by molar-refractivity contribution is -0.119. The summed E-state index contributed by atoms with van der Waals surface area (Å²) < 4.78 is 10.4. The molecule has 0 unspecified atom stereocenters. The predicted octanol–water partition coefficient (Wildman–Crippen LogP) is 4.99. The van der Waals surface area contributed by atoms with Gasteiger partial charge in [0.05, 0.1) is 34.1 Å². The minimum Gasteiger partial charge on any atom is -0.467 e. The molecule has 28 heavy (non-hydrogen) atoms. The number of rotatable bonds is 7. The number of esters is 1. The molecule has 0 spiro atoms. The van der Waals surface area contributed by atoms with Crippen LogP contribution in [0.3, 0.4) is 0 Å². The molecule has 0 atom stereocenters. The molecular formula is C20H16Cl2N2O4. The van der Waals surface area contributed by atoms with E-state index in [-0.39, 0.29) is 5.69 Å². The highest BCUT2D eigenvalue weighted by molar-refractivity contribution is 6.39. The Labute approximate surface area is 171 Å². The van der Waals surface area contributed by atoms with Gasteiger partial charge in [-0.25, -0.2) is 4.79 Å². The number of carbonyl (C=O) groups is 2. The van der Waals surface area contributed by atoms with Crippen LogP contribution in [0, 0.1) is 0 Å². The van der Waals surface area contributed by atoms with Crippen LogP contribution in [0.5, 0.6) is 0 Å². The van der Waals surface area contributed by atoms with E-state index in [1.165, 1.54) is 0 Å². The fourth-order valence-corrected chi connectivity index (χ4v) is 2.90. The standard InChI is InChI=1S/C20H16Cl2N2O4/c21-15-7-3-8-16(22)19(15)24-18(25)12-28-20(26)14-6-1-2-9-17(14)23-11-13-5-4-10-27-13/h1-10,23H,11-12H2,(H,24,25). The number of halogens is 2. The monoisotopic (exact) mass is 418 g/mol. The highest BCUT2D eigenvalue weighted by Crippen LogP contribution is 2.29. The van der Waals surface area contributed by atoms with Crippen molar-refractivity contribution >= 4 is 46.5 Å². The van der Waals surface area contributed by atoms with Gasteiger partial charge in [-0.05, 0) is 36.4 Å². The average molecular weight is 419 g/mol. The predicted molar refractivity (Wildman–Crippen MR) is 108 cm³/mol. The first-order valence-corrected chi connectivity index (χ1v) is 9.06. The second-order valence-electron chi connectivity index (χ2n) is 5.70. The summed E-state index contributed by atoms with van der Waals surface area (Å²) in [6.07, 6.45) is 1.57. The van der Waals surface area contributed by atoms with E-state index >= 15 is 0 Å². The molecule has 1 heterocycles. The third kappa shape index (κ3) is 5.06. The molecule has 2 aromatic carbocycles. The first-order chi connectivity index (χ1) is 13.5. The number of ether oxygens (including phenoxy) is 1. The van der Waals surface area contributed by atoms with Crippen molar-refractivity contribution in [2.75, 3.05) is 17.2 Å². The molecule has 0 aliphatic heterocycles. The smallest absolute Gasteiger partial charge is 0.340 e. The zero-order valence-corrected chi connectivity index (χ0v) is 16.1. The number of nitrogens with one attached hydrogen (secondary N) is 2. The minimum atomic E-state index is -0.636. The maximum Gasteiger partial charge on any atom is 0.340 e. The maximum absolute atomic E-state index is 12.4. The lowest BCUT2D eigenvalue weighted by Gasteiger charge is -2.12. The fraction of sp³-hybridized carbons (Fsp3) is 0.100. The van der Waals surface area contributed by atoms with Gasteiger partial charge in [-0.15, -0.1) is 0 Å². The Morgan fingerprint density at radius 2 is 1.71 bits per heavy atom. The zero-order chi connectivity index (χ0) is 19.9. The van der Waals surface area contributed by atoms with Gasteiger partial charge >= 0.3 is 5.97 Å². The molecule has 0 bridgehead atoms. The zero-order valence-electron chi connectivity index (χ0n) is 14.6. The Kier molecular flexibility index (Phi) is 6.57. The third-order valence-electron chi connectivity index (χ3n) is 3.74. The lowest BCUT2D eigenvalue weighted by atomic mass is 10.2. The molecule has 8 heteroatoms. The van der Waals surface area contributed by atoms with E-state index in [2.05, 4.69) is 10.6 Å². The van der Waals surface area contributed by atoms with Crippen LogP contribution in [-0.4, -0.2) is 18.5 Å². The van der Waals surface area contributed by atoms with Crippen molar-refractivity contribution in [1.29, 1.82) is 0 Å². The molecule has 0 fully saturated rings. The number of hydrogen-bond acceptors (Lipinski definition) is 5. The molecule has 0 saturated heterocycles. The molecule has 0 saturated carbocycles. The Balaban J connectivity index is 1.59. The lowest BCUT2D eigenvalue weighted by Crippen LogP contribution is -2.21. The van der Waals surface area contributed by atoms with Gasteiger partial charge in [0.2, 0.25) is 0 Å². The van der Waals surface area contributed by atoms with Crippen molar-refractivity contribution in [3.8, 4) is 0 Å². The van der Waals surface area contributed by atoms with Crippen molar-refractivity contribution in [3.05, 3.63) is 82.2 Å².